The molecule has 110 valence electrons. The van der Waals surface area contributed by atoms with Gasteiger partial charge in [-0.3, -0.25) is 4.79 Å². The molecule has 2 rings (SSSR count). The Kier molecular flexibility index (Phi) is 5.03. The van der Waals surface area contributed by atoms with Crippen LogP contribution in [0.1, 0.15) is 25.0 Å². The molecule has 0 unspecified atom stereocenters. The van der Waals surface area contributed by atoms with Crippen molar-refractivity contribution in [1.29, 1.82) is 0 Å². The highest BCUT2D eigenvalue weighted by molar-refractivity contribution is 6.31. The quantitative estimate of drug-likeness (QED) is 0.889. The average molecular weight is 302 g/mol. The summed E-state index contributed by atoms with van der Waals surface area (Å²) in [5, 5.41) is 3.63. The normalized spacial score (nSPS) is 11.2. The maximum absolute atomic E-state index is 12.1. The van der Waals surface area contributed by atoms with Crippen molar-refractivity contribution >= 4 is 17.5 Å². The first-order valence-corrected chi connectivity index (χ1v) is 7.42. The minimum atomic E-state index is -0.0998. The van der Waals surface area contributed by atoms with Gasteiger partial charge in [0.05, 0.1) is 6.42 Å². The van der Waals surface area contributed by atoms with Gasteiger partial charge in [-0.25, -0.2) is 0 Å². The molecule has 0 aliphatic heterocycles. The largest absolute Gasteiger partial charge is 0.355 e. The van der Waals surface area contributed by atoms with E-state index >= 15 is 0 Å². The second kappa shape index (κ2) is 6.77. The Bertz CT molecular complexity index is 608. The lowest BCUT2D eigenvalue weighted by Crippen LogP contribution is -2.37. The van der Waals surface area contributed by atoms with E-state index in [-0.39, 0.29) is 11.3 Å². The fraction of sp³-hybridized carbons (Fsp3) is 0.278. The molecule has 2 aromatic carbocycles. The molecule has 0 aromatic heterocycles. The third kappa shape index (κ3) is 4.33. The first-order valence-electron chi connectivity index (χ1n) is 7.05. The molecule has 2 aromatic rings. The van der Waals surface area contributed by atoms with Crippen LogP contribution in [0.5, 0.6) is 0 Å². The molecule has 0 heterocycles. The first kappa shape index (κ1) is 15.6. The van der Waals surface area contributed by atoms with Crippen LogP contribution in [0.3, 0.4) is 0 Å². The molecule has 0 aliphatic carbocycles. The summed E-state index contributed by atoms with van der Waals surface area (Å²) < 4.78 is 0. The summed E-state index contributed by atoms with van der Waals surface area (Å²) in [7, 11) is 0. The summed E-state index contributed by atoms with van der Waals surface area (Å²) in [6.07, 6.45) is 0.310. The fourth-order valence-corrected chi connectivity index (χ4v) is 2.39. The van der Waals surface area contributed by atoms with E-state index in [1.165, 1.54) is 5.56 Å². The molecular formula is C18H20ClNO. The number of hydrogen-bond donors (Lipinski definition) is 1. The van der Waals surface area contributed by atoms with Crippen molar-refractivity contribution in [3.05, 3.63) is 70.7 Å². The molecule has 0 atom stereocenters. The van der Waals surface area contributed by atoms with Gasteiger partial charge >= 0.3 is 0 Å². The topological polar surface area (TPSA) is 29.1 Å². The van der Waals surface area contributed by atoms with Crippen molar-refractivity contribution in [1.82, 2.24) is 5.32 Å². The number of carbonyl (C=O) groups excluding carboxylic acids is 1. The number of halogens is 1. The van der Waals surface area contributed by atoms with Crippen LogP contribution in [0.2, 0.25) is 5.02 Å². The monoisotopic (exact) mass is 301 g/mol. The molecule has 0 fully saturated rings. The molecule has 2 nitrogen and oxygen atoms in total. The van der Waals surface area contributed by atoms with Gasteiger partial charge in [-0.1, -0.05) is 74.0 Å². The van der Waals surface area contributed by atoms with Gasteiger partial charge in [0, 0.05) is 17.0 Å². The smallest absolute Gasteiger partial charge is 0.224 e. The number of rotatable bonds is 5. The Morgan fingerprint density at radius 1 is 1.05 bits per heavy atom. The van der Waals surface area contributed by atoms with Crippen LogP contribution >= 0.6 is 11.6 Å². The molecule has 0 saturated carbocycles. The Hall–Kier alpha value is -1.80. The van der Waals surface area contributed by atoms with Gasteiger partial charge in [-0.2, -0.15) is 0 Å². The van der Waals surface area contributed by atoms with E-state index in [1.807, 2.05) is 36.4 Å². The minimum absolute atomic E-state index is 0.00731. The number of amides is 1. The van der Waals surface area contributed by atoms with E-state index < -0.39 is 0 Å². The first-order chi connectivity index (χ1) is 9.99. The van der Waals surface area contributed by atoms with Crippen LogP contribution < -0.4 is 5.32 Å². The molecule has 3 heteroatoms. The van der Waals surface area contributed by atoms with Gasteiger partial charge in [0.2, 0.25) is 5.91 Å². The molecule has 0 spiro atoms. The third-order valence-electron chi connectivity index (χ3n) is 3.59. The standard InChI is InChI=1S/C18H20ClNO/c1-18(2,15-9-4-3-5-10-15)13-20-17(21)12-14-8-6-7-11-16(14)19/h3-11H,12-13H2,1-2H3,(H,20,21). The zero-order chi connectivity index (χ0) is 15.3. The van der Waals surface area contributed by atoms with Crippen LogP contribution in [-0.4, -0.2) is 12.5 Å². The lowest BCUT2D eigenvalue weighted by Gasteiger charge is -2.25. The van der Waals surface area contributed by atoms with Crippen molar-refractivity contribution < 1.29 is 4.79 Å². The highest BCUT2D eigenvalue weighted by atomic mass is 35.5. The molecule has 0 saturated heterocycles. The van der Waals surface area contributed by atoms with Crippen molar-refractivity contribution in [2.75, 3.05) is 6.54 Å². The van der Waals surface area contributed by atoms with Crippen LogP contribution in [0.25, 0.3) is 0 Å². The lowest BCUT2D eigenvalue weighted by atomic mass is 9.84. The minimum Gasteiger partial charge on any atom is -0.355 e. The predicted molar refractivity (Wildman–Crippen MR) is 87.6 cm³/mol. The SMILES string of the molecule is CC(C)(CNC(=O)Cc1ccccc1Cl)c1ccccc1. The van der Waals surface area contributed by atoms with Gasteiger partial charge in [0.25, 0.3) is 0 Å². The van der Waals surface area contributed by atoms with E-state index in [9.17, 15) is 4.79 Å². The molecule has 0 bridgehead atoms. The van der Waals surface area contributed by atoms with Crippen LogP contribution in [-0.2, 0) is 16.6 Å². The van der Waals surface area contributed by atoms with Crippen molar-refractivity contribution in [3.63, 3.8) is 0 Å². The maximum atomic E-state index is 12.1. The van der Waals surface area contributed by atoms with Crippen molar-refractivity contribution in [3.8, 4) is 0 Å². The molecule has 0 aliphatic rings. The number of nitrogens with one attached hydrogen (secondary N) is 1. The Morgan fingerprint density at radius 2 is 1.67 bits per heavy atom. The zero-order valence-corrected chi connectivity index (χ0v) is 13.2. The Morgan fingerprint density at radius 3 is 2.33 bits per heavy atom. The van der Waals surface area contributed by atoms with Crippen LogP contribution in [0.15, 0.2) is 54.6 Å². The molecule has 1 N–H and O–H groups in total. The second-order valence-electron chi connectivity index (χ2n) is 5.79. The number of carbonyl (C=O) groups is 1. The molecule has 1 amide bonds. The Balaban J connectivity index is 1.94. The van der Waals surface area contributed by atoms with Gasteiger partial charge in [0.15, 0.2) is 0 Å². The maximum Gasteiger partial charge on any atom is 0.224 e. The third-order valence-corrected chi connectivity index (χ3v) is 3.96. The van der Waals surface area contributed by atoms with Gasteiger partial charge < -0.3 is 5.32 Å². The summed E-state index contributed by atoms with van der Waals surface area (Å²) in [5.74, 6) is -0.00731. The van der Waals surface area contributed by atoms with E-state index in [0.29, 0.717) is 18.0 Å². The average Bonchev–Trinajstić information content (AvgIpc) is 2.49. The second-order valence-corrected chi connectivity index (χ2v) is 6.20. The zero-order valence-electron chi connectivity index (χ0n) is 12.4. The van der Waals surface area contributed by atoms with Gasteiger partial charge in [0.1, 0.15) is 0 Å². The highest BCUT2D eigenvalue weighted by Crippen LogP contribution is 2.22. The predicted octanol–water partition coefficient (Wildman–Crippen LogP) is 3.98. The van der Waals surface area contributed by atoms with Gasteiger partial charge in [-0.05, 0) is 17.2 Å². The highest BCUT2D eigenvalue weighted by Gasteiger charge is 2.21. The Labute approximate surface area is 131 Å². The summed E-state index contributed by atoms with van der Waals surface area (Å²) in [4.78, 5) is 12.1. The van der Waals surface area contributed by atoms with Crippen LogP contribution in [0, 0.1) is 0 Å². The van der Waals surface area contributed by atoms with E-state index in [0.717, 1.165) is 5.56 Å². The van der Waals surface area contributed by atoms with E-state index in [1.54, 1.807) is 6.07 Å². The van der Waals surface area contributed by atoms with Crippen LogP contribution in [0.4, 0.5) is 0 Å². The van der Waals surface area contributed by atoms with E-state index in [2.05, 4.69) is 31.3 Å². The van der Waals surface area contributed by atoms with E-state index in [4.69, 9.17) is 11.6 Å². The summed E-state index contributed by atoms with van der Waals surface area (Å²) >= 11 is 6.07. The van der Waals surface area contributed by atoms with Gasteiger partial charge in [-0.15, -0.1) is 0 Å². The van der Waals surface area contributed by atoms with Crippen molar-refractivity contribution in [2.24, 2.45) is 0 Å². The molecule has 21 heavy (non-hydrogen) atoms. The lowest BCUT2D eigenvalue weighted by molar-refractivity contribution is -0.120. The summed E-state index contributed by atoms with van der Waals surface area (Å²) in [5.41, 5.74) is 1.97. The summed E-state index contributed by atoms with van der Waals surface area (Å²) in [6.45, 7) is 4.84. The molecular weight excluding hydrogens is 282 g/mol. The van der Waals surface area contributed by atoms with Crippen molar-refractivity contribution in [2.45, 2.75) is 25.7 Å². The molecule has 0 radical (unpaired) electrons. The fourth-order valence-electron chi connectivity index (χ4n) is 2.19. The summed E-state index contributed by atoms with van der Waals surface area (Å²) in [6, 6.07) is 17.6. The number of hydrogen-bond acceptors (Lipinski definition) is 1. The number of benzene rings is 2.